The van der Waals surface area contributed by atoms with Gasteiger partial charge in [0.05, 0.1) is 17.6 Å². The van der Waals surface area contributed by atoms with Crippen LogP contribution in [-0.2, 0) is 21.2 Å². The number of methoxy groups -OCH3 is 1. The molecule has 7 heteroatoms. The van der Waals surface area contributed by atoms with Crippen LogP contribution in [0.25, 0.3) is 6.08 Å². The number of sulfone groups is 1. The van der Waals surface area contributed by atoms with Gasteiger partial charge in [-0.05, 0) is 53.6 Å². The van der Waals surface area contributed by atoms with Crippen molar-refractivity contribution in [2.24, 2.45) is 0 Å². The van der Waals surface area contributed by atoms with E-state index in [1.54, 1.807) is 72.8 Å². The Morgan fingerprint density at radius 3 is 2.19 bits per heavy atom. The highest BCUT2D eigenvalue weighted by molar-refractivity contribution is 7.95. The van der Waals surface area contributed by atoms with Gasteiger partial charge < -0.3 is 9.47 Å². The summed E-state index contributed by atoms with van der Waals surface area (Å²) in [6.07, 6.45) is 1.33. The summed E-state index contributed by atoms with van der Waals surface area (Å²) >= 11 is 0. The van der Waals surface area contributed by atoms with Crippen LogP contribution >= 0.6 is 0 Å². The summed E-state index contributed by atoms with van der Waals surface area (Å²) in [5.41, 5.74) is 1.89. The normalized spacial score (nSPS) is 11.4. The van der Waals surface area contributed by atoms with Crippen LogP contribution in [0.3, 0.4) is 0 Å². The molecule has 0 radical (unpaired) electrons. The minimum Gasteiger partial charge on any atom is -0.489 e. The Labute approximate surface area is 180 Å². The summed E-state index contributed by atoms with van der Waals surface area (Å²) in [7, 11) is -2.55. The lowest BCUT2D eigenvalue weighted by Gasteiger charge is -2.08. The SMILES string of the molecule is COC(=O)c1ccc(COc2ccc(/C=C(/C#N)S(=O)(=O)c3ccccc3)cc2)cc1. The van der Waals surface area contributed by atoms with Crippen molar-refractivity contribution in [2.45, 2.75) is 11.5 Å². The van der Waals surface area contributed by atoms with Gasteiger partial charge in [-0.3, -0.25) is 0 Å². The van der Waals surface area contributed by atoms with Gasteiger partial charge in [0, 0.05) is 0 Å². The number of hydrogen-bond acceptors (Lipinski definition) is 6. The van der Waals surface area contributed by atoms with Crippen LogP contribution in [0.1, 0.15) is 21.5 Å². The summed E-state index contributed by atoms with van der Waals surface area (Å²) in [5, 5.41) is 9.37. The number of esters is 1. The number of ether oxygens (including phenoxy) is 2. The summed E-state index contributed by atoms with van der Waals surface area (Å²) in [6.45, 7) is 0.294. The second kappa shape index (κ2) is 9.74. The van der Waals surface area contributed by atoms with Crippen molar-refractivity contribution < 1.29 is 22.7 Å². The molecule has 0 unspecified atom stereocenters. The summed E-state index contributed by atoms with van der Waals surface area (Å²) in [4.78, 5) is 11.2. The maximum Gasteiger partial charge on any atom is 0.337 e. The van der Waals surface area contributed by atoms with E-state index < -0.39 is 15.8 Å². The highest BCUT2D eigenvalue weighted by Crippen LogP contribution is 2.22. The van der Waals surface area contributed by atoms with Crippen molar-refractivity contribution in [3.8, 4) is 11.8 Å². The first-order valence-corrected chi connectivity index (χ1v) is 10.7. The number of carbonyl (C=O) groups is 1. The molecule has 0 bridgehead atoms. The van der Waals surface area contributed by atoms with E-state index in [9.17, 15) is 18.5 Å². The number of allylic oxidation sites excluding steroid dienone is 1. The summed E-state index contributed by atoms with van der Waals surface area (Å²) in [5.74, 6) is 0.181. The van der Waals surface area contributed by atoms with Crippen molar-refractivity contribution in [1.29, 1.82) is 5.26 Å². The zero-order chi connectivity index (χ0) is 22.3. The Bertz CT molecular complexity index is 1220. The third-order valence-electron chi connectivity index (χ3n) is 4.41. The van der Waals surface area contributed by atoms with E-state index in [1.165, 1.54) is 25.3 Å². The van der Waals surface area contributed by atoms with E-state index in [4.69, 9.17) is 4.74 Å². The quantitative estimate of drug-likeness (QED) is 0.405. The van der Waals surface area contributed by atoms with Crippen LogP contribution in [-0.4, -0.2) is 21.5 Å². The smallest absolute Gasteiger partial charge is 0.337 e. The van der Waals surface area contributed by atoms with Gasteiger partial charge in [0.1, 0.15) is 23.3 Å². The van der Waals surface area contributed by atoms with E-state index in [0.717, 1.165) is 5.56 Å². The van der Waals surface area contributed by atoms with Crippen molar-refractivity contribution in [3.63, 3.8) is 0 Å². The molecule has 0 amide bonds. The fourth-order valence-corrected chi connectivity index (χ4v) is 3.91. The van der Waals surface area contributed by atoms with Crippen molar-refractivity contribution in [1.82, 2.24) is 0 Å². The molecule has 0 saturated heterocycles. The minimum atomic E-state index is -3.88. The second-order valence-electron chi connectivity index (χ2n) is 6.48. The van der Waals surface area contributed by atoms with Gasteiger partial charge in [-0.15, -0.1) is 0 Å². The van der Waals surface area contributed by atoms with Gasteiger partial charge in [0.25, 0.3) is 0 Å². The Morgan fingerprint density at radius 1 is 0.968 bits per heavy atom. The molecule has 3 aromatic carbocycles. The third-order valence-corrected chi connectivity index (χ3v) is 6.09. The fourth-order valence-electron chi connectivity index (χ4n) is 2.73. The van der Waals surface area contributed by atoms with Gasteiger partial charge in [0.15, 0.2) is 0 Å². The molecule has 0 aromatic heterocycles. The molecule has 31 heavy (non-hydrogen) atoms. The van der Waals surface area contributed by atoms with Crippen LogP contribution in [0, 0.1) is 11.3 Å². The number of benzene rings is 3. The van der Waals surface area contributed by atoms with Crippen LogP contribution in [0.5, 0.6) is 5.75 Å². The van der Waals surface area contributed by atoms with Crippen LogP contribution < -0.4 is 4.74 Å². The van der Waals surface area contributed by atoms with E-state index in [-0.39, 0.29) is 9.80 Å². The van der Waals surface area contributed by atoms with Crippen molar-refractivity contribution in [2.75, 3.05) is 7.11 Å². The van der Waals surface area contributed by atoms with E-state index in [2.05, 4.69) is 4.74 Å². The van der Waals surface area contributed by atoms with E-state index >= 15 is 0 Å². The first kappa shape index (κ1) is 21.8. The average molecular weight is 433 g/mol. The maximum absolute atomic E-state index is 12.6. The van der Waals surface area contributed by atoms with Crippen molar-refractivity contribution in [3.05, 3.63) is 100 Å². The van der Waals surface area contributed by atoms with Crippen LogP contribution in [0.2, 0.25) is 0 Å². The molecule has 0 spiro atoms. The largest absolute Gasteiger partial charge is 0.489 e. The Hall–Kier alpha value is -3.89. The minimum absolute atomic E-state index is 0.0703. The maximum atomic E-state index is 12.6. The van der Waals surface area contributed by atoms with Gasteiger partial charge in [0.2, 0.25) is 9.84 Å². The highest BCUT2D eigenvalue weighted by atomic mass is 32.2. The lowest BCUT2D eigenvalue weighted by atomic mass is 10.1. The summed E-state index contributed by atoms with van der Waals surface area (Å²) < 4.78 is 35.7. The molecule has 0 atom stereocenters. The zero-order valence-electron chi connectivity index (χ0n) is 16.7. The molecular formula is C24H19NO5S. The van der Waals surface area contributed by atoms with Gasteiger partial charge in [-0.1, -0.05) is 42.5 Å². The van der Waals surface area contributed by atoms with Gasteiger partial charge >= 0.3 is 5.97 Å². The molecule has 156 valence electrons. The van der Waals surface area contributed by atoms with Crippen molar-refractivity contribution >= 4 is 21.9 Å². The van der Waals surface area contributed by atoms with Gasteiger partial charge in [-0.2, -0.15) is 5.26 Å². The lowest BCUT2D eigenvalue weighted by molar-refractivity contribution is 0.0600. The highest BCUT2D eigenvalue weighted by Gasteiger charge is 2.20. The molecular weight excluding hydrogens is 414 g/mol. The van der Waals surface area contributed by atoms with Crippen LogP contribution in [0.15, 0.2) is 88.7 Å². The first-order valence-electron chi connectivity index (χ1n) is 9.26. The predicted molar refractivity (Wildman–Crippen MR) is 116 cm³/mol. The molecule has 0 aliphatic rings. The molecule has 0 aliphatic carbocycles. The molecule has 3 aromatic rings. The molecule has 0 saturated carbocycles. The molecule has 0 N–H and O–H groups in total. The topological polar surface area (TPSA) is 93.5 Å². The first-order chi connectivity index (χ1) is 14.9. The molecule has 0 aliphatic heterocycles. The van der Waals surface area contributed by atoms with Crippen LogP contribution in [0.4, 0.5) is 0 Å². The number of nitriles is 1. The molecule has 3 rings (SSSR count). The van der Waals surface area contributed by atoms with Gasteiger partial charge in [-0.25, -0.2) is 13.2 Å². The molecule has 0 fully saturated rings. The zero-order valence-corrected chi connectivity index (χ0v) is 17.5. The number of nitrogens with zero attached hydrogens (tertiary/aromatic N) is 1. The number of carbonyl (C=O) groups excluding carboxylic acids is 1. The molecule has 0 heterocycles. The fraction of sp³-hybridized carbons (Fsp3) is 0.0833. The average Bonchev–Trinajstić information content (AvgIpc) is 2.82. The standard InChI is InChI=1S/C24H19NO5S/c1-29-24(26)20-11-7-19(8-12-20)17-30-21-13-9-18(10-14-21)15-23(16-25)31(27,28)22-5-3-2-4-6-22/h2-15H,17H2,1H3/b23-15-. The van der Waals surface area contributed by atoms with E-state index in [0.29, 0.717) is 23.5 Å². The Kier molecular flexibility index (Phi) is 6.85. The second-order valence-corrected chi connectivity index (χ2v) is 8.40. The Balaban J connectivity index is 1.69. The number of rotatable bonds is 7. The lowest BCUT2D eigenvalue weighted by Crippen LogP contribution is -2.03. The third kappa shape index (κ3) is 5.38. The molecule has 6 nitrogen and oxygen atoms in total. The predicted octanol–water partition coefficient (Wildman–Crippen LogP) is 4.39. The Morgan fingerprint density at radius 2 is 1.61 bits per heavy atom. The monoisotopic (exact) mass is 433 g/mol. The van der Waals surface area contributed by atoms with E-state index in [1.807, 2.05) is 0 Å². The number of hydrogen-bond donors (Lipinski definition) is 0. The summed E-state index contributed by atoms with van der Waals surface area (Å²) in [6, 6.07) is 23.2.